The van der Waals surface area contributed by atoms with E-state index in [1.165, 1.54) is 10.9 Å². The molecule has 0 aliphatic carbocycles. The van der Waals surface area contributed by atoms with Crippen molar-refractivity contribution in [2.75, 3.05) is 0 Å². The number of pyridine rings is 1. The normalized spacial score (nSPS) is 10.8. The van der Waals surface area contributed by atoms with E-state index in [4.69, 9.17) is 11.6 Å². The molecule has 1 aromatic carbocycles. The lowest BCUT2D eigenvalue weighted by atomic mass is 10.1. The first-order chi connectivity index (χ1) is 6.74. The number of aryl methyl sites for hydroxylation is 1. The molecule has 0 fully saturated rings. The van der Waals surface area contributed by atoms with Crippen LogP contribution in [0.25, 0.3) is 10.8 Å². The van der Waals surface area contributed by atoms with Gasteiger partial charge in [0.1, 0.15) is 5.15 Å². The molecule has 0 aliphatic rings. The van der Waals surface area contributed by atoms with Crippen molar-refractivity contribution in [2.24, 2.45) is 0 Å². The van der Waals surface area contributed by atoms with Gasteiger partial charge in [-0.2, -0.15) is 0 Å². The molecule has 1 nitrogen and oxygen atoms in total. The van der Waals surface area contributed by atoms with Gasteiger partial charge in [0.25, 0.3) is 0 Å². The highest BCUT2D eigenvalue weighted by Crippen LogP contribution is 2.30. The summed E-state index contributed by atoms with van der Waals surface area (Å²) in [5.41, 5.74) is 1.29. The Morgan fingerprint density at radius 3 is 2.93 bits per heavy atom. The third-order valence-corrected chi connectivity index (χ3v) is 3.19. The molecule has 0 bridgehead atoms. The van der Waals surface area contributed by atoms with E-state index >= 15 is 0 Å². The average Bonchev–Trinajstić information content (AvgIpc) is 2.23. The summed E-state index contributed by atoms with van der Waals surface area (Å²) in [5.74, 6) is 0. The second-order valence-electron chi connectivity index (χ2n) is 3.09. The van der Waals surface area contributed by atoms with Crippen LogP contribution >= 0.6 is 27.5 Å². The van der Waals surface area contributed by atoms with Gasteiger partial charge in [0, 0.05) is 21.4 Å². The number of aromatic nitrogens is 1. The van der Waals surface area contributed by atoms with Gasteiger partial charge in [-0.1, -0.05) is 36.7 Å². The van der Waals surface area contributed by atoms with Gasteiger partial charge >= 0.3 is 0 Å². The standard InChI is InChI=1S/C11H9BrClN/c1-2-7-4-3-5-8-10(7)9(12)6-14-11(8)13/h3-6H,2H2,1H3. The first-order valence-corrected chi connectivity index (χ1v) is 5.62. The van der Waals surface area contributed by atoms with Crippen LogP contribution < -0.4 is 0 Å². The van der Waals surface area contributed by atoms with E-state index in [0.29, 0.717) is 5.15 Å². The Hall–Kier alpha value is -0.600. The van der Waals surface area contributed by atoms with E-state index in [2.05, 4.69) is 33.9 Å². The van der Waals surface area contributed by atoms with Crippen LogP contribution in [0.1, 0.15) is 12.5 Å². The van der Waals surface area contributed by atoms with E-state index in [0.717, 1.165) is 16.3 Å². The fraction of sp³-hybridized carbons (Fsp3) is 0.182. The molecule has 0 unspecified atom stereocenters. The Morgan fingerprint density at radius 1 is 1.43 bits per heavy atom. The highest BCUT2D eigenvalue weighted by Gasteiger charge is 2.06. The van der Waals surface area contributed by atoms with Crippen LogP contribution in [0.5, 0.6) is 0 Å². The van der Waals surface area contributed by atoms with Crippen LogP contribution in [0.4, 0.5) is 0 Å². The van der Waals surface area contributed by atoms with Crippen molar-refractivity contribution in [1.82, 2.24) is 4.98 Å². The van der Waals surface area contributed by atoms with Crippen LogP contribution in [0.3, 0.4) is 0 Å². The van der Waals surface area contributed by atoms with Crippen LogP contribution in [-0.4, -0.2) is 4.98 Å². The van der Waals surface area contributed by atoms with E-state index in [-0.39, 0.29) is 0 Å². The quantitative estimate of drug-likeness (QED) is 0.707. The fourth-order valence-electron chi connectivity index (χ4n) is 1.60. The van der Waals surface area contributed by atoms with E-state index in [9.17, 15) is 0 Å². The van der Waals surface area contributed by atoms with Gasteiger partial charge in [-0.3, -0.25) is 0 Å². The molecule has 0 saturated heterocycles. The number of halogens is 2. The summed E-state index contributed by atoms with van der Waals surface area (Å²) in [7, 11) is 0. The summed E-state index contributed by atoms with van der Waals surface area (Å²) >= 11 is 9.53. The van der Waals surface area contributed by atoms with E-state index < -0.39 is 0 Å². The maximum Gasteiger partial charge on any atom is 0.136 e. The Bertz CT molecular complexity index is 482. The lowest BCUT2D eigenvalue weighted by Crippen LogP contribution is -1.87. The topological polar surface area (TPSA) is 12.9 Å². The van der Waals surface area contributed by atoms with Gasteiger partial charge < -0.3 is 0 Å². The van der Waals surface area contributed by atoms with Crippen LogP contribution in [0.15, 0.2) is 28.9 Å². The Balaban J connectivity index is 2.92. The highest BCUT2D eigenvalue weighted by molar-refractivity contribution is 9.10. The van der Waals surface area contributed by atoms with Gasteiger partial charge in [-0.25, -0.2) is 4.98 Å². The Kier molecular flexibility index (Phi) is 2.75. The summed E-state index contributed by atoms with van der Waals surface area (Å²) in [5, 5.41) is 2.76. The van der Waals surface area contributed by atoms with Crippen LogP contribution in [0, 0.1) is 0 Å². The largest absolute Gasteiger partial charge is 0.243 e. The van der Waals surface area contributed by atoms with Gasteiger partial charge in [-0.15, -0.1) is 0 Å². The highest BCUT2D eigenvalue weighted by atomic mass is 79.9. The first kappa shape index (κ1) is 9.94. The monoisotopic (exact) mass is 269 g/mol. The molecule has 1 aromatic heterocycles. The van der Waals surface area contributed by atoms with Gasteiger partial charge in [0.05, 0.1) is 0 Å². The molecule has 0 N–H and O–H groups in total. The van der Waals surface area contributed by atoms with Crippen molar-refractivity contribution < 1.29 is 0 Å². The number of nitrogens with zero attached hydrogens (tertiary/aromatic N) is 1. The molecule has 0 spiro atoms. The van der Waals surface area contributed by atoms with Crippen molar-refractivity contribution >= 4 is 38.3 Å². The second-order valence-corrected chi connectivity index (χ2v) is 4.30. The van der Waals surface area contributed by atoms with Crippen molar-refractivity contribution in [1.29, 1.82) is 0 Å². The van der Waals surface area contributed by atoms with Crippen LogP contribution in [-0.2, 0) is 6.42 Å². The minimum atomic E-state index is 0.568. The number of hydrogen-bond donors (Lipinski definition) is 0. The van der Waals surface area contributed by atoms with Crippen LogP contribution in [0.2, 0.25) is 5.15 Å². The molecular weight excluding hydrogens is 261 g/mol. The second kappa shape index (κ2) is 3.87. The lowest BCUT2D eigenvalue weighted by Gasteiger charge is -2.06. The maximum atomic E-state index is 6.03. The lowest BCUT2D eigenvalue weighted by molar-refractivity contribution is 1.15. The smallest absolute Gasteiger partial charge is 0.136 e. The predicted octanol–water partition coefficient (Wildman–Crippen LogP) is 4.21. The SMILES string of the molecule is CCc1cccc2c(Cl)ncc(Br)c12. The molecular formula is C11H9BrClN. The van der Waals surface area contributed by atoms with Crippen molar-refractivity contribution in [3.8, 4) is 0 Å². The van der Waals surface area contributed by atoms with Gasteiger partial charge in [-0.05, 0) is 27.9 Å². The summed E-state index contributed by atoms with van der Waals surface area (Å²) in [6.45, 7) is 2.13. The molecule has 0 amide bonds. The van der Waals surface area contributed by atoms with Gasteiger partial charge in [0.2, 0.25) is 0 Å². The molecule has 2 rings (SSSR count). The minimum absolute atomic E-state index is 0.568. The summed E-state index contributed by atoms with van der Waals surface area (Å²) in [4.78, 5) is 4.10. The molecule has 72 valence electrons. The molecule has 3 heteroatoms. The predicted molar refractivity (Wildman–Crippen MR) is 63.8 cm³/mol. The fourth-order valence-corrected chi connectivity index (χ4v) is 2.37. The number of rotatable bonds is 1. The number of hydrogen-bond acceptors (Lipinski definition) is 1. The molecule has 14 heavy (non-hydrogen) atoms. The summed E-state index contributed by atoms with van der Waals surface area (Å²) in [6.07, 6.45) is 2.75. The maximum absolute atomic E-state index is 6.03. The first-order valence-electron chi connectivity index (χ1n) is 4.45. The average molecular weight is 271 g/mol. The van der Waals surface area contributed by atoms with Crippen molar-refractivity contribution in [3.63, 3.8) is 0 Å². The zero-order valence-electron chi connectivity index (χ0n) is 7.72. The van der Waals surface area contributed by atoms with Gasteiger partial charge in [0.15, 0.2) is 0 Å². The zero-order valence-corrected chi connectivity index (χ0v) is 10.1. The van der Waals surface area contributed by atoms with E-state index in [1.807, 2.05) is 12.1 Å². The molecule has 0 atom stereocenters. The molecule has 2 aromatic rings. The zero-order chi connectivity index (χ0) is 10.1. The Morgan fingerprint density at radius 2 is 2.21 bits per heavy atom. The number of fused-ring (bicyclic) bond motifs is 1. The van der Waals surface area contributed by atoms with E-state index in [1.54, 1.807) is 6.20 Å². The molecule has 0 aliphatic heterocycles. The minimum Gasteiger partial charge on any atom is -0.243 e. The summed E-state index contributed by atoms with van der Waals surface area (Å²) in [6, 6.07) is 6.12. The van der Waals surface area contributed by atoms with Crippen molar-refractivity contribution in [2.45, 2.75) is 13.3 Å². The summed E-state index contributed by atoms with van der Waals surface area (Å²) < 4.78 is 1.01. The Labute approximate surface area is 96.2 Å². The molecule has 1 heterocycles. The third kappa shape index (κ3) is 1.53. The molecule has 0 radical (unpaired) electrons. The number of benzene rings is 1. The van der Waals surface area contributed by atoms with Crippen molar-refractivity contribution in [3.05, 3.63) is 39.6 Å². The third-order valence-electron chi connectivity index (χ3n) is 2.28. The molecule has 0 saturated carbocycles.